The van der Waals surface area contributed by atoms with E-state index in [0.29, 0.717) is 24.5 Å². The highest BCUT2D eigenvalue weighted by Gasteiger charge is 2.13. The number of carbonyl (C=O) groups is 1. The highest BCUT2D eigenvalue weighted by molar-refractivity contribution is 6.31. The first-order chi connectivity index (χ1) is 14.6. The van der Waals surface area contributed by atoms with Crippen LogP contribution in [0, 0.1) is 6.92 Å². The van der Waals surface area contributed by atoms with E-state index >= 15 is 0 Å². The first-order valence-electron chi connectivity index (χ1n) is 9.76. The quantitative estimate of drug-likeness (QED) is 0.482. The molecule has 0 radical (unpaired) electrons. The molecule has 6 nitrogen and oxygen atoms in total. The molecule has 0 aliphatic carbocycles. The molecule has 0 spiro atoms. The maximum absolute atomic E-state index is 12.4. The zero-order valence-corrected chi connectivity index (χ0v) is 17.4. The molecule has 2 heterocycles. The molecule has 152 valence electrons. The molecule has 0 bridgehead atoms. The number of amides is 1. The molecule has 0 fully saturated rings. The Labute approximate surface area is 180 Å². The van der Waals surface area contributed by atoms with Crippen LogP contribution in [-0.2, 0) is 17.9 Å². The van der Waals surface area contributed by atoms with Gasteiger partial charge in [-0.1, -0.05) is 60.1 Å². The van der Waals surface area contributed by atoms with Crippen molar-refractivity contribution in [1.29, 1.82) is 0 Å². The Balaban J connectivity index is 1.48. The molecule has 2 aromatic carbocycles. The molecule has 30 heavy (non-hydrogen) atoms. The summed E-state index contributed by atoms with van der Waals surface area (Å²) in [7, 11) is 0. The summed E-state index contributed by atoms with van der Waals surface area (Å²) in [5.74, 6) is -0.0502. The van der Waals surface area contributed by atoms with E-state index in [-0.39, 0.29) is 5.91 Å². The summed E-state index contributed by atoms with van der Waals surface area (Å²) in [6.07, 6.45) is 4.03. The Kier molecular flexibility index (Phi) is 5.95. The lowest BCUT2D eigenvalue weighted by Gasteiger charge is -2.06. The molecule has 2 aromatic heterocycles. The van der Waals surface area contributed by atoms with Gasteiger partial charge in [0.1, 0.15) is 0 Å². The summed E-state index contributed by atoms with van der Waals surface area (Å²) >= 11 is 6.02. The largest absolute Gasteiger partial charge is 0.352 e. The lowest BCUT2D eigenvalue weighted by Crippen LogP contribution is -2.24. The van der Waals surface area contributed by atoms with Gasteiger partial charge in [-0.15, -0.1) is 0 Å². The number of aromatic nitrogens is 4. The average Bonchev–Trinajstić information content (AvgIpc) is 3.35. The third kappa shape index (κ3) is 4.60. The molecule has 7 heteroatoms. The van der Waals surface area contributed by atoms with Crippen molar-refractivity contribution in [2.24, 2.45) is 0 Å². The molecule has 0 unspecified atom stereocenters. The summed E-state index contributed by atoms with van der Waals surface area (Å²) in [4.78, 5) is 12.4. The molecule has 0 aliphatic rings. The topological polar surface area (TPSA) is 64.7 Å². The molecule has 0 atom stereocenters. The van der Waals surface area contributed by atoms with Crippen molar-refractivity contribution >= 4 is 17.5 Å². The van der Waals surface area contributed by atoms with Crippen LogP contribution in [0.15, 0.2) is 73.1 Å². The monoisotopic (exact) mass is 419 g/mol. The van der Waals surface area contributed by atoms with E-state index in [9.17, 15) is 4.79 Å². The Bertz CT molecular complexity index is 1120. The van der Waals surface area contributed by atoms with Crippen molar-refractivity contribution in [1.82, 2.24) is 24.9 Å². The molecule has 0 saturated carbocycles. The van der Waals surface area contributed by atoms with Crippen LogP contribution in [0.5, 0.6) is 0 Å². The third-order valence-corrected chi connectivity index (χ3v) is 5.16. The van der Waals surface area contributed by atoms with Gasteiger partial charge in [0.05, 0.1) is 22.1 Å². The highest BCUT2D eigenvalue weighted by Crippen LogP contribution is 2.23. The summed E-state index contributed by atoms with van der Waals surface area (Å²) < 4.78 is 3.54. The van der Waals surface area contributed by atoms with E-state index in [0.717, 1.165) is 28.2 Å². The fourth-order valence-electron chi connectivity index (χ4n) is 3.20. The Morgan fingerprint density at radius 2 is 1.70 bits per heavy atom. The van der Waals surface area contributed by atoms with Crippen LogP contribution in [0.25, 0.3) is 16.9 Å². The van der Waals surface area contributed by atoms with Crippen LogP contribution < -0.4 is 5.32 Å². The van der Waals surface area contributed by atoms with Crippen molar-refractivity contribution in [3.8, 4) is 16.9 Å². The normalized spacial score (nSPS) is 10.9. The first-order valence-corrected chi connectivity index (χ1v) is 10.1. The third-order valence-electron chi connectivity index (χ3n) is 4.79. The van der Waals surface area contributed by atoms with Gasteiger partial charge in [-0.3, -0.25) is 9.48 Å². The van der Waals surface area contributed by atoms with Crippen molar-refractivity contribution in [3.05, 3.63) is 89.3 Å². The molecule has 4 rings (SSSR count). The van der Waals surface area contributed by atoms with Crippen molar-refractivity contribution in [2.75, 3.05) is 0 Å². The van der Waals surface area contributed by atoms with Gasteiger partial charge in [0, 0.05) is 43.0 Å². The van der Waals surface area contributed by atoms with Gasteiger partial charge in [-0.2, -0.15) is 10.2 Å². The van der Waals surface area contributed by atoms with Crippen molar-refractivity contribution in [3.63, 3.8) is 0 Å². The minimum absolute atomic E-state index is 0.0502. The van der Waals surface area contributed by atoms with Gasteiger partial charge in [-0.25, -0.2) is 4.68 Å². The fourth-order valence-corrected chi connectivity index (χ4v) is 3.35. The van der Waals surface area contributed by atoms with Crippen LogP contribution in [0.3, 0.4) is 0 Å². The van der Waals surface area contributed by atoms with E-state index in [2.05, 4.69) is 10.4 Å². The van der Waals surface area contributed by atoms with Crippen LogP contribution in [0.1, 0.15) is 17.7 Å². The van der Waals surface area contributed by atoms with Crippen LogP contribution in [-0.4, -0.2) is 25.5 Å². The standard InChI is InChI=1S/C23H22ClN5O/c1-17-21(24)16-28(26-17)13-12-22(30)25-14-19-15-29(20-10-6-3-7-11-20)27-23(19)18-8-4-2-5-9-18/h2-11,15-16H,12-14H2,1H3,(H,25,30). The Hall–Kier alpha value is -3.38. The number of carbonyl (C=O) groups excluding carboxylic acids is 1. The predicted octanol–water partition coefficient (Wildman–Crippen LogP) is 4.40. The second-order valence-electron chi connectivity index (χ2n) is 7.00. The number of para-hydroxylation sites is 1. The van der Waals surface area contributed by atoms with E-state index in [1.807, 2.05) is 78.5 Å². The molecular formula is C23H22ClN5O. The zero-order valence-electron chi connectivity index (χ0n) is 16.6. The summed E-state index contributed by atoms with van der Waals surface area (Å²) in [6.45, 7) is 2.72. The molecule has 0 aliphatic heterocycles. The van der Waals surface area contributed by atoms with Crippen LogP contribution >= 0.6 is 11.6 Å². The maximum atomic E-state index is 12.4. The average molecular weight is 420 g/mol. The number of nitrogens with zero attached hydrogens (tertiary/aromatic N) is 4. The Morgan fingerprint density at radius 3 is 2.37 bits per heavy atom. The summed E-state index contributed by atoms with van der Waals surface area (Å²) in [6, 6.07) is 19.9. The SMILES string of the molecule is Cc1nn(CCC(=O)NCc2cn(-c3ccccc3)nc2-c2ccccc2)cc1Cl. The number of rotatable bonds is 7. The number of hydrogen-bond acceptors (Lipinski definition) is 3. The smallest absolute Gasteiger partial charge is 0.222 e. The van der Waals surface area contributed by atoms with Gasteiger partial charge >= 0.3 is 0 Å². The van der Waals surface area contributed by atoms with E-state index < -0.39 is 0 Å². The number of benzene rings is 2. The van der Waals surface area contributed by atoms with E-state index in [4.69, 9.17) is 16.7 Å². The molecule has 1 amide bonds. The first kappa shape index (κ1) is 19.9. The minimum Gasteiger partial charge on any atom is -0.352 e. The molecular weight excluding hydrogens is 398 g/mol. The molecule has 4 aromatic rings. The highest BCUT2D eigenvalue weighted by atomic mass is 35.5. The van der Waals surface area contributed by atoms with E-state index in [1.54, 1.807) is 10.9 Å². The number of aryl methyl sites for hydroxylation is 2. The van der Waals surface area contributed by atoms with Crippen LogP contribution in [0.4, 0.5) is 0 Å². The van der Waals surface area contributed by atoms with Gasteiger partial charge < -0.3 is 5.32 Å². The lowest BCUT2D eigenvalue weighted by atomic mass is 10.1. The minimum atomic E-state index is -0.0502. The number of hydrogen-bond donors (Lipinski definition) is 1. The summed E-state index contributed by atoms with van der Waals surface area (Å²) in [5, 5.41) is 12.7. The van der Waals surface area contributed by atoms with E-state index in [1.165, 1.54) is 0 Å². The second kappa shape index (κ2) is 8.97. The zero-order chi connectivity index (χ0) is 20.9. The Morgan fingerprint density at radius 1 is 1.00 bits per heavy atom. The van der Waals surface area contributed by atoms with Crippen LogP contribution in [0.2, 0.25) is 5.02 Å². The fraction of sp³-hybridized carbons (Fsp3) is 0.174. The molecule has 0 saturated heterocycles. The van der Waals surface area contributed by atoms with Gasteiger partial charge in [-0.05, 0) is 19.1 Å². The number of halogens is 1. The van der Waals surface area contributed by atoms with Gasteiger partial charge in [0.15, 0.2) is 0 Å². The lowest BCUT2D eigenvalue weighted by molar-refractivity contribution is -0.121. The van der Waals surface area contributed by atoms with Crippen molar-refractivity contribution in [2.45, 2.75) is 26.4 Å². The molecule has 1 N–H and O–H groups in total. The van der Waals surface area contributed by atoms with Gasteiger partial charge in [0.25, 0.3) is 0 Å². The van der Waals surface area contributed by atoms with Crippen molar-refractivity contribution < 1.29 is 4.79 Å². The second-order valence-corrected chi connectivity index (χ2v) is 7.41. The maximum Gasteiger partial charge on any atom is 0.222 e. The summed E-state index contributed by atoms with van der Waals surface area (Å²) in [5.41, 5.74) is 4.56. The number of nitrogens with one attached hydrogen (secondary N) is 1. The predicted molar refractivity (Wildman–Crippen MR) is 117 cm³/mol. The van der Waals surface area contributed by atoms with Gasteiger partial charge in [0.2, 0.25) is 5.91 Å².